The van der Waals surface area contributed by atoms with Crippen molar-refractivity contribution < 1.29 is 27.8 Å². The highest BCUT2D eigenvalue weighted by Crippen LogP contribution is 2.18. The van der Waals surface area contributed by atoms with Crippen LogP contribution in [-0.2, 0) is 11.5 Å². The van der Waals surface area contributed by atoms with Crippen molar-refractivity contribution in [3.05, 3.63) is 47.8 Å². The molecule has 0 aliphatic carbocycles. The predicted octanol–water partition coefficient (Wildman–Crippen LogP) is 2.11. The van der Waals surface area contributed by atoms with Gasteiger partial charge in [-0.05, 0) is 25.1 Å². The lowest BCUT2D eigenvalue weighted by Gasteiger charge is -2.33. The number of rotatable bonds is 5. The predicted molar refractivity (Wildman–Crippen MR) is 93.7 cm³/mol. The summed E-state index contributed by atoms with van der Waals surface area (Å²) >= 11 is 0. The second-order valence-electron chi connectivity index (χ2n) is 6.07. The lowest BCUT2D eigenvalue weighted by Crippen LogP contribution is -2.50. The highest BCUT2D eigenvalue weighted by atomic mass is 19.1. The van der Waals surface area contributed by atoms with Gasteiger partial charge >= 0.3 is 6.09 Å². The number of carbonyl (C=O) groups excluding carboxylic acids is 2. The Balaban J connectivity index is 1.53. The van der Waals surface area contributed by atoms with Crippen LogP contribution in [0.15, 0.2) is 30.5 Å². The van der Waals surface area contributed by atoms with Crippen LogP contribution in [0, 0.1) is 11.6 Å². The van der Waals surface area contributed by atoms with Gasteiger partial charge in [0.1, 0.15) is 5.82 Å². The Morgan fingerprint density at radius 1 is 1.11 bits per heavy atom. The van der Waals surface area contributed by atoms with Crippen LogP contribution in [0.25, 0.3) is 0 Å². The van der Waals surface area contributed by atoms with Crippen molar-refractivity contribution in [3.8, 4) is 5.75 Å². The van der Waals surface area contributed by atoms with Crippen LogP contribution in [0.2, 0.25) is 0 Å². The molecule has 3 rings (SSSR count). The Kier molecular flexibility index (Phi) is 6.07. The zero-order chi connectivity index (χ0) is 20.1. The third-order valence-corrected chi connectivity index (χ3v) is 4.20. The minimum atomic E-state index is -0.817. The number of amides is 2. The summed E-state index contributed by atoms with van der Waals surface area (Å²) in [5.74, 6) is -1.89. The normalized spacial score (nSPS) is 14.1. The van der Waals surface area contributed by atoms with Crippen LogP contribution in [0.5, 0.6) is 5.75 Å². The summed E-state index contributed by atoms with van der Waals surface area (Å²) < 4.78 is 38.0. The molecule has 1 aliphatic heterocycles. The van der Waals surface area contributed by atoms with Gasteiger partial charge in [0.15, 0.2) is 24.0 Å². The van der Waals surface area contributed by atoms with E-state index in [1.165, 1.54) is 23.0 Å². The van der Waals surface area contributed by atoms with Gasteiger partial charge < -0.3 is 19.3 Å². The lowest BCUT2D eigenvalue weighted by molar-refractivity contribution is 0.0564. The van der Waals surface area contributed by atoms with E-state index in [1.807, 2.05) is 0 Å². The molecule has 1 aromatic carbocycles. The van der Waals surface area contributed by atoms with E-state index in [9.17, 15) is 18.4 Å². The maximum absolute atomic E-state index is 13.6. The van der Waals surface area contributed by atoms with E-state index in [2.05, 4.69) is 5.10 Å². The summed E-state index contributed by atoms with van der Waals surface area (Å²) in [4.78, 5) is 27.4. The second-order valence-corrected chi connectivity index (χ2v) is 6.07. The van der Waals surface area contributed by atoms with Crippen molar-refractivity contribution in [1.29, 1.82) is 0 Å². The van der Waals surface area contributed by atoms with Crippen molar-refractivity contribution in [1.82, 2.24) is 19.6 Å². The van der Waals surface area contributed by atoms with Gasteiger partial charge in [-0.1, -0.05) is 0 Å². The Labute approximate surface area is 160 Å². The Morgan fingerprint density at radius 3 is 2.50 bits per heavy atom. The van der Waals surface area contributed by atoms with Crippen LogP contribution in [0.3, 0.4) is 0 Å². The maximum Gasteiger partial charge on any atom is 0.409 e. The van der Waals surface area contributed by atoms with Crippen LogP contribution in [-0.4, -0.2) is 64.4 Å². The summed E-state index contributed by atoms with van der Waals surface area (Å²) in [7, 11) is 0. The lowest BCUT2D eigenvalue weighted by atomic mass is 10.3. The smallest absolute Gasteiger partial charge is 0.409 e. The Bertz CT molecular complexity index is 850. The standard InChI is InChI=1S/C18H20F2N4O4/c1-2-27-18(26)23-9-7-22(8-10-23)17(25)15-5-6-24(21-15)12-28-16-4-3-13(19)11-14(16)20/h3-6,11H,2,7-10,12H2,1H3. The topological polar surface area (TPSA) is 76.9 Å². The first-order valence-electron chi connectivity index (χ1n) is 8.80. The van der Waals surface area contributed by atoms with Crippen LogP contribution >= 0.6 is 0 Å². The van der Waals surface area contributed by atoms with Gasteiger partial charge in [0, 0.05) is 38.4 Å². The number of hydrogen-bond acceptors (Lipinski definition) is 5. The number of piperazine rings is 1. The molecule has 2 amide bonds. The first-order valence-corrected chi connectivity index (χ1v) is 8.80. The number of halogens is 2. The fourth-order valence-electron chi connectivity index (χ4n) is 2.74. The molecule has 0 radical (unpaired) electrons. The van der Waals surface area contributed by atoms with E-state index < -0.39 is 11.6 Å². The van der Waals surface area contributed by atoms with Crippen LogP contribution < -0.4 is 4.74 Å². The quantitative estimate of drug-likeness (QED) is 0.776. The van der Waals surface area contributed by atoms with E-state index in [4.69, 9.17) is 9.47 Å². The molecule has 0 bridgehead atoms. The molecular formula is C18H20F2N4O4. The molecule has 0 spiro atoms. The van der Waals surface area contributed by atoms with Gasteiger partial charge in [-0.3, -0.25) is 4.79 Å². The molecule has 0 unspecified atom stereocenters. The van der Waals surface area contributed by atoms with E-state index in [-0.39, 0.29) is 30.2 Å². The summed E-state index contributed by atoms with van der Waals surface area (Å²) in [5, 5.41) is 4.13. The summed E-state index contributed by atoms with van der Waals surface area (Å²) in [6.45, 7) is 3.44. The fraction of sp³-hybridized carbons (Fsp3) is 0.389. The highest BCUT2D eigenvalue weighted by Gasteiger charge is 2.26. The second kappa shape index (κ2) is 8.68. The minimum absolute atomic E-state index is 0.111. The van der Waals surface area contributed by atoms with Crippen molar-refractivity contribution in [2.45, 2.75) is 13.7 Å². The van der Waals surface area contributed by atoms with Gasteiger partial charge in [0.25, 0.3) is 5.91 Å². The number of benzene rings is 1. The van der Waals surface area contributed by atoms with Gasteiger partial charge in [-0.15, -0.1) is 0 Å². The third kappa shape index (κ3) is 4.56. The largest absolute Gasteiger partial charge is 0.468 e. The Morgan fingerprint density at radius 2 is 1.82 bits per heavy atom. The number of nitrogens with zero attached hydrogens (tertiary/aromatic N) is 4. The number of carbonyl (C=O) groups is 2. The monoisotopic (exact) mass is 394 g/mol. The summed E-state index contributed by atoms with van der Waals surface area (Å²) in [5.41, 5.74) is 0.216. The average Bonchev–Trinajstić information content (AvgIpc) is 3.16. The van der Waals surface area contributed by atoms with E-state index >= 15 is 0 Å². The SMILES string of the molecule is CCOC(=O)N1CCN(C(=O)c2ccn(COc3ccc(F)cc3F)n2)CC1. The molecular weight excluding hydrogens is 374 g/mol. The number of aromatic nitrogens is 2. The summed E-state index contributed by atoms with van der Waals surface area (Å²) in [6.07, 6.45) is 1.15. The van der Waals surface area contributed by atoms with Crippen molar-refractivity contribution in [2.75, 3.05) is 32.8 Å². The van der Waals surface area contributed by atoms with E-state index in [1.54, 1.807) is 16.7 Å². The minimum Gasteiger partial charge on any atom is -0.468 e. The van der Waals surface area contributed by atoms with E-state index in [0.717, 1.165) is 12.1 Å². The first-order chi connectivity index (χ1) is 13.5. The Hall–Kier alpha value is -3.17. The fourth-order valence-corrected chi connectivity index (χ4v) is 2.74. The van der Waals surface area contributed by atoms with Gasteiger partial charge in [-0.25, -0.2) is 18.3 Å². The first kappa shape index (κ1) is 19.6. The van der Waals surface area contributed by atoms with Gasteiger partial charge in [-0.2, -0.15) is 5.10 Å². The molecule has 8 nitrogen and oxygen atoms in total. The molecule has 1 fully saturated rings. The average molecular weight is 394 g/mol. The molecule has 2 heterocycles. The highest BCUT2D eigenvalue weighted by molar-refractivity contribution is 5.92. The molecule has 10 heteroatoms. The molecule has 0 saturated carbocycles. The molecule has 0 N–H and O–H groups in total. The number of ether oxygens (including phenoxy) is 2. The van der Waals surface area contributed by atoms with Crippen molar-refractivity contribution in [2.24, 2.45) is 0 Å². The van der Waals surface area contributed by atoms with Crippen LogP contribution in [0.1, 0.15) is 17.4 Å². The molecule has 28 heavy (non-hydrogen) atoms. The van der Waals surface area contributed by atoms with Crippen LogP contribution in [0.4, 0.5) is 13.6 Å². The molecule has 150 valence electrons. The zero-order valence-corrected chi connectivity index (χ0v) is 15.3. The van der Waals surface area contributed by atoms with Crippen molar-refractivity contribution >= 4 is 12.0 Å². The van der Waals surface area contributed by atoms with Gasteiger partial charge in [0.05, 0.1) is 6.61 Å². The number of hydrogen-bond donors (Lipinski definition) is 0. The van der Waals surface area contributed by atoms with E-state index in [0.29, 0.717) is 32.8 Å². The van der Waals surface area contributed by atoms with Gasteiger partial charge in [0.2, 0.25) is 0 Å². The third-order valence-electron chi connectivity index (χ3n) is 4.20. The van der Waals surface area contributed by atoms with Crippen molar-refractivity contribution in [3.63, 3.8) is 0 Å². The molecule has 2 aromatic rings. The summed E-state index contributed by atoms with van der Waals surface area (Å²) in [6, 6.07) is 4.53. The molecule has 1 aromatic heterocycles. The zero-order valence-electron chi connectivity index (χ0n) is 15.3. The molecule has 1 aliphatic rings. The molecule has 0 atom stereocenters. The molecule has 1 saturated heterocycles. The maximum atomic E-state index is 13.6.